The van der Waals surface area contributed by atoms with Gasteiger partial charge in [0.2, 0.25) is 0 Å². The SMILES string of the molecule is CS[C@]1(C(C)C)C(=O)N2C(=CC3(C45c6ccccc6N[C@H]4N4C(=O)[C@H](CO)N(C)C(=O)[C@@]4(O)[C@H]5O)c4ccccc4N[C@H]23)C(=O)N1C. The molecule has 0 aromatic heterocycles. The maximum atomic E-state index is 14.9. The molecule has 14 heteroatoms. The van der Waals surface area contributed by atoms with E-state index in [9.17, 15) is 34.5 Å². The number of carbonyl (C=O) groups excluding carboxylic acids is 4. The fraction of sp³-hybridized carbons (Fsp3) is 0.455. The molecule has 4 amide bonds. The second kappa shape index (κ2) is 9.28. The van der Waals surface area contributed by atoms with Crippen molar-refractivity contribution in [1.82, 2.24) is 19.6 Å². The second-order valence-corrected chi connectivity index (χ2v) is 14.5. The van der Waals surface area contributed by atoms with Crippen molar-refractivity contribution in [1.29, 1.82) is 0 Å². The summed E-state index contributed by atoms with van der Waals surface area (Å²) in [5, 5.41) is 42.4. The van der Waals surface area contributed by atoms with Crippen molar-refractivity contribution in [2.75, 3.05) is 37.6 Å². The Balaban J connectivity index is 1.48. The van der Waals surface area contributed by atoms with Crippen molar-refractivity contribution in [2.45, 2.75) is 59.8 Å². The third-order valence-corrected chi connectivity index (χ3v) is 13.2. The molecule has 8 rings (SSSR count). The van der Waals surface area contributed by atoms with Gasteiger partial charge in [-0.05, 0) is 41.5 Å². The molecule has 6 aliphatic heterocycles. The van der Waals surface area contributed by atoms with Crippen LogP contribution in [0.25, 0.3) is 0 Å². The molecule has 8 atom stereocenters. The lowest BCUT2D eigenvalue weighted by Crippen LogP contribution is -2.73. The van der Waals surface area contributed by atoms with Gasteiger partial charge in [0.15, 0.2) is 4.87 Å². The number of nitrogens with one attached hydrogen (secondary N) is 2. The van der Waals surface area contributed by atoms with E-state index in [1.54, 1.807) is 43.6 Å². The van der Waals surface area contributed by atoms with Gasteiger partial charge in [0.05, 0.1) is 17.4 Å². The highest BCUT2D eigenvalue weighted by Gasteiger charge is 2.85. The Morgan fingerprint density at radius 2 is 1.51 bits per heavy atom. The summed E-state index contributed by atoms with van der Waals surface area (Å²) in [6, 6.07) is 13.1. The Hall–Kier alpha value is -4.11. The number of benzene rings is 2. The lowest BCUT2D eigenvalue weighted by atomic mass is 9.54. The molecule has 0 bridgehead atoms. The van der Waals surface area contributed by atoms with Crippen LogP contribution >= 0.6 is 11.8 Å². The Morgan fingerprint density at radius 3 is 2.13 bits per heavy atom. The van der Waals surface area contributed by atoms with Gasteiger partial charge in [-0.3, -0.25) is 29.0 Å². The predicted molar refractivity (Wildman–Crippen MR) is 171 cm³/mol. The molecule has 0 aliphatic carbocycles. The summed E-state index contributed by atoms with van der Waals surface area (Å²) in [7, 11) is 2.91. The summed E-state index contributed by atoms with van der Waals surface area (Å²) in [6.45, 7) is 3.07. The summed E-state index contributed by atoms with van der Waals surface area (Å²) < 4.78 is 0. The number of anilines is 2. The highest BCUT2D eigenvalue weighted by Crippen LogP contribution is 2.69. The molecular formula is C33H36N6O7S. The number of carbonyl (C=O) groups is 4. The number of para-hydroxylation sites is 2. The van der Waals surface area contributed by atoms with Crippen molar-refractivity contribution in [3.8, 4) is 0 Å². The number of aliphatic hydroxyl groups excluding tert-OH is 2. The fourth-order valence-corrected chi connectivity index (χ4v) is 10.7. The largest absolute Gasteiger partial charge is 0.394 e. The minimum atomic E-state index is -2.76. The summed E-state index contributed by atoms with van der Waals surface area (Å²) >= 11 is 1.28. The average Bonchev–Trinajstić information content (AvgIpc) is 3.73. The predicted octanol–water partition coefficient (Wildman–Crippen LogP) is 0.00360. The Bertz CT molecular complexity index is 1840. The number of hydrogen-bond donors (Lipinski definition) is 5. The van der Waals surface area contributed by atoms with E-state index in [0.29, 0.717) is 22.5 Å². The number of aliphatic hydroxyl groups is 3. The monoisotopic (exact) mass is 660 g/mol. The van der Waals surface area contributed by atoms with Crippen molar-refractivity contribution >= 4 is 46.8 Å². The molecule has 2 unspecified atom stereocenters. The molecule has 3 saturated heterocycles. The number of piperazine rings is 2. The van der Waals surface area contributed by atoms with E-state index in [0.717, 1.165) is 9.80 Å². The molecule has 6 aliphatic rings. The van der Waals surface area contributed by atoms with E-state index in [1.165, 1.54) is 28.6 Å². The lowest BCUT2D eigenvalue weighted by molar-refractivity contribution is -0.209. The first-order chi connectivity index (χ1) is 22.3. The van der Waals surface area contributed by atoms with Gasteiger partial charge in [0, 0.05) is 25.5 Å². The van der Waals surface area contributed by atoms with Crippen LogP contribution in [-0.4, -0.2) is 121 Å². The Labute approximate surface area is 275 Å². The maximum Gasteiger partial charge on any atom is 0.279 e. The average molecular weight is 661 g/mol. The number of hydrogen-bond acceptors (Lipinski definition) is 10. The molecule has 5 N–H and O–H groups in total. The van der Waals surface area contributed by atoms with Crippen LogP contribution in [0, 0.1) is 5.92 Å². The second-order valence-electron chi connectivity index (χ2n) is 13.5. The molecule has 2 aromatic rings. The number of amides is 4. The third kappa shape index (κ3) is 2.93. The molecule has 0 spiro atoms. The van der Waals surface area contributed by atoms with Gasteiger partial charge < -0.3 is 35.8 Å². The molecule has 3 fully saturated rings. The summed E-state index contributed by atoms with van der Waals surface area (Å²) in [5.41, 5.74) is -3.62. The van der Waals surface area contributed by atoms with Gasteiger partial charge >= 0.3 is 0 Å². The van der Waals surface area contributed by atoms with Crippen molar-refractivity contribution in [3.63, 3.8) is 0 Å². The fourth-order valence-electron chi connectivity index (χ4n) is 9.63. The lowest BCUT2D eigenvalue weighted by Gasteiger charge is -2.52. The van der Waals surface area contributed by atoms with Gasteiger partial charge in [-0.1, -0.05) is 50.2 Å². The van der Waals surface area contributed by atoms with E-state index in [4.69, 9.17) is 0 Å². The number of nitrogens with zero attached hydrogens (tertiary/aromatic N) is 4. The first-order valence-electron chi connectivity index (χ1n) is 15.6. The van der Waals surface area contributed by atoms with Gasteiger partial charge in [-0.15, -0.1) is 11.8 Å². The molecule has 246 valence electrons. The van der Waals surface area contributed by atoms with Gasteiger partial charge in [0.25, 0.3) is 29.4 Å². The summed E-state index contributed by atoms with van der Waals surface area (Å²) in [5.74, 6) is -2.73. The zero-order chi connectivity index (χ0) is 33.6. The minimum Gasteiger partial charge on any atom is -0.394 e. The van der Waals surface area contributed by atoms with Crippen molar-refractivity contribution in [2.24, 2.45) is 5.92 Å². The van der Waals surface area contributed by atoms with Crippen LogP contribution in [0.3, 0.4) is 0 Å². The number of likely N-dealkylation sites (N-methyl/N-ethyl adjacent to an activating group) is 2. The van der Waals surface area contributed by atoms with Crippen LogP contribution in [0.15, 0.2) is 60.3 Å². The van der Waals surface area contributed by atoms with Crippen LogP contribution in [0.4, 0.5) is 11.4 Å². The van der Waals surface area contributed by atoms with Crippen molar-refractivity contribution in [3.05, 3.63) is 71.4 Å². The van der Waals surface area contributed by atoms with Crippen molar-refractivity contribution < 1.29 is 34.5 Å². The Morgan fingerprint density at radius 1 is 0.915 bits per heavy atom. The quantitative estimate of drug-likeness (QED) is 0.302. The maximum absolute atomic E-state index is 14.9. The smallest absolute Gasteiger partial charge is 0.279 e. The molecular weight excluding hydrogens is 624 g/mol. The van der Waals surface area contributed by atoms with Gasteiger partial charge in [-0.25, -0.2) is 0 Å². The van der Waals surface area contributed by atoms with Gasteiger partial charge in [0.1, 0.15) is 30.2 Å². The van der Waals surface area contributed by atoms with Crippen LogP contribution < -0.4 is 10.6 Å². The summed E-state index contributed by atoms with van der Waals surface area (Å²) in [4.78, 5) is 61.3. The number of thioether (sulfide) groups is 1. The third-order valence-electron chi connectivity index (χ3n) is 11.6. The molecule has 0 saturated carbocycles. The highest BCUT2D eigenvalue weighted by atomic mass is 32.2. The zero-order valence-electron chi connectivity index (χ0n) is 26.5. The standard InChI is InChI=1S/C33H36N6O7S/c1-16(2)33(47-5)29(45)38-21(23(41)37(33)4)14-30(17-10-6-8-12-19(17)34-26(30)38)31-18-11-7-9-13-20(18)35-27(31)39-24(42)22(15-40)36(3)28(44)32(39,46)25(31)43/h6-14,16,22,25-27,34-35,40,43,46H,15H2,1-5H3/t22-,25-,26+,27-,30?,31?,32-,33+/m0/s1. The van der Waals surface area contributed by atoms with Crippen LogP contribution in [0.2, 0.25) is 0 Å². The number of rotatable bonds is 4. The minimum absolute atomic E-state index is 0.0967. The Kier molecular flexibility index (Phi) is 5.97. The normalized spacial score (nSPS) is 38.1. The van der Waals surface area contributed by atoms with E-state index >= 15 is 0 Å². The first-order valence-corrected chi connectivity index (χ1v) is 16.8. The first kappa shape index (κ1) is 30.2. The summed E-state index contributed by atoms with van der Waals surface area (Å²) in [6.07, 6.45) is -0.728. The molecule has 2 aromatic carbocycles. The van der Waals surface area contributed by atoms with Crippen LogP contribution in [0.5, 0.6) is 0 Å². The van der Waals surface area contributed by atoms with E-state index < -0.39 is 70.2 Å². The van der Waals surface area contributed by atoms with E-state index in [1.807, 2.05) is 38.1 Å². The molecule has 6 heterocycles. The van der Waals surface area contributed by atoms with E-state index in [-0.39, 0.29) is 17.5 Å². The molecule has 13 nitrogen and oxygen atoms in total. The van der Waals surface area contributed by atoms with Gasteiger partial charge in [-0.2, -0.15) is 0 Å². The molecule has 0 radical (unpaired) electrons. The van der Waals surface area contributed by atoms with Crippen LogP contribution in [0.1, 0.15) is 25.0 Å². The van der Waals surface area contributed by atoms with Crippen LogP contribution in [-0.2, 0) is 30.0 Å². The number of fused-ring (bicyclic) bond motifs is 11. The van der Waals surface area contributed by atoms with E-state index in [2.05, 4.69) is 10.6 Å². The zero-order valence-corrected chi connectivity index (χ0v) is 27.3. The topological polar surface area (TPSA) is 166 Å². The highest BCUT2D eigenvalue weighted by molar-refractivity contribution is 8.00. The molecule has 47 heavy (non-hydrogen) atoms.